The molecule has 2 aromatic rings. The Morgan fingerprint density at radius 2 is 2.09 bits per heavy atom. The van der Waals surface area contributed by atoms with Crippen molar-refractivity contribution in [3.63, 3.8) is 0 Å². The van der Waals surface area contributed by atoms with Crippen molar-refractivity contribution in [3.8, 4) is 11.5 Å². The third kappa shape index (κ3) is 2.29. The number of carbonyl (C=O) groups excluding carboxylic acids is 1. The zero-order valence-corrected chi connectivity index (χ0v) is 12.0. The number of benzene rings is 1. The topological polar surface area (TPSA) is 133 Å². The van der Waals surface area contributed by atoms with E-state index in [2.05, 4.69) is 20.3 Å². The minimum Gasteiger partial charge on any atom is -0.493 e. The second-order valence-corrected chi connectivity index (χ2v) is 4.46. The number of fused-ring (bicyclic) bond motifs is 1. The highest BCUT2D eigenvalue weighted by atomic mass is 16.6. The number of carboxylic acid groups (broad SMARTS) is 1. The first-order valence-electron chi connectivity index (χ1n) is 6.35. The molecule has 2 N–H and O–H groups in total. The van der Waals surface area contributed by atoms with E-state index in [0.717, 1.165) is 0 Å². The highest BCUT2D eigenvalue weighted by molar-refractivity contribution is 5.98. The zero-order valence-electron chi connectivity index (χ0n) is 12.0. The number of nitrogens with zero attached hydrogens (tertiary/aromatic N) is 2. The number of rotatable bonds is 5. The Bertz CT molecular complexity index is 786. The number of carboxylic acids is 1. The van der Waals surface area contributed by atoms with Gasteiger partial charge in [-0.15, -0.1) is 0 Å². The van der Waals surface area contributed by atoms with Crippen molar-refractivity contribution in [2.24, 2.45) is 0 Å². The minimum atomic E-state index is -1.33. The van der Waals surface area contributed by atoms with Gasteiger partial charge in [0.05, 0.1) is 14.2 Å². The van der Waals surface area contributed by atoms with E-state index in [1.807, 2.05) is 0 Å². The van der Waals surface area contributed by atoms with Gasteiger partial charge >= 0.3 is 11.9 Å². The van der Waals surface area contributed by atoms with Crippen LogP contribution in [0.25, 0.3) is 0 Å². The maximum Gasteiger partial charge on any atom is 0.362 e. The molecule has 0 aliphatic carbocycles. The summed E-state index contributed by atoms with van der Waals surface area (Å²) in [5, 5.41) is 18.3. The van der Waals surface area contributed by atoms with Gasteiger partial charge in [-0.1, -0.05) is 0 Å². The lowest BCUT2D eigenvalue weighted by molar-refractivity contribution is 0.0434. The summed E-state index contributed by atoms with van der Waals surface area (Å²) in [7, 11) is 2.84. The van der Waals surface area contributed by atoms with E-state index in [9.17, 15) is 9.59 Å². The third-order valence-electron chi connectivity index (χ3n) is 3.25. The molecule has 0 fully saturated rings. The van der Waals surface area contributed by atoms with Gasteiger partial charge in [0, 0.05) is 5.56 Å². The molecule has 10 nitrogen and oxygen atoms in total. The van der Waals surface area contributed by atoms with Gasteiger partial charge in [-0.2, -0.15) is 0 Å². The molecule has 0 bridgehead atoms. The molecule has 1 atom stereocenters. The predicted octanol–water partition coefficient (Wildman–Crippen LogP) is 1.07. The number of aromatic nitrogens is 2. The molecule has 1 aromatic carbocycles. The summed E-state index contributed by atoms with van der Waals surface area (Å²) in [4.78, 5) is 23.1. The molecule has 3 rings (SSSR count). The lowest BCUT2D eigenvalue weighted by atomic mass is 10.1. The van der Waals surface area contributed by atoms with Crippen LogP contribution in [0.2, 0.25) is 0 Å². The van der Waals surface area contributed by atoms with Crippen molar-refractivity contribution in [3.05, 3.63) is 29.0 Å². The van der Waals surface area contributed by atoms with Gasteiger partial charge in [-0.25, -0.2) is 14.2 Å². The van der Waals surface area contributed by atoms with Crippen molar-refractivity contribution >= 4 is 17.8 Å². The Kier molecular flexibility index (Phi) is 3.48. The average molecular weight is 321 g/mol. The largest absolute Gasteiger partial charge is 0.493 e. The van der Waals surface area contributed by atoms with Gasteiger partial charge in [-0.3, -0.25) is 0 Å². The fourth-order valence-electron chi connectivity index (χ4n) is 2.26. The maximum atomic E-state index is 12.1. The number of methoxy groups -OCH3 is 2. The normalized spacial score (nSPS) is 15.7. The van der Waals surface area contributed by atoms with E-state index >= 15 is 0 Å². The van der Waals surface area contributed by atoms with E-state index in [1.165, 1.54) is 14.2 Å². The molecule has 2 heterocycles. The number of cyclic esters (lactones) is 1. The Morgan fingerprint density at radius 3 is 2.74 bits per heavy atom. The van der Waals surface area contributed by atoms with Crippen molar-refractivity contribution < 1.29 is 33.5 Å². The molecule has 1 aliphatic rings. The van der Waals surface area contributed by atoms with Crippen LogP contribution in [-0.2, 0) is 4.74 Å². The molecule has 0 spiro atoms. The lowest BCUT2D eigenvalue weighted by Crippen LogP contribution is -2.13. The summed E-state index contributed by atoms with van der Waals surface area (Å²) in [5.41, 5.74) is 0.222. The van der Waals surface area contributed by atoms with Gasteiger partial charge in [0.2, 0.25) is 17.7 Å². The molecule has 23 heavy (non-hydrogen) atoms. The molecule has 0 saturated carbocycles. The average Bonchev–Trinajstić information content (AvgIpc) is 3.12. The second-order valence-electron chi connectivity index (χ2n) is 4.46. The molecule has 0 amide bonds. The molecule has 10 heteroatoms. The van der Waals surface area contributed by atoms with Gasteiger partial charge in [0.25, 0.3) is 0 Å². The second kappa shape index (κ2) is 5.48. The standard InChI is InChI=1S/C13H11N3O7/c1-20-6-4-3-5-7(9(6)21-2)13(19)22-11(5)14-10-8(12(17)18)15-23-16-10/h3-4,11H,1-2H3,(H,14,16)(H,17,18). The number of hydrogen-bond donors (Lipinski definition) is 2. The van der Waals surface area contributed by atoms with Crippen LogP contribution >= 0.6 is 0 Å². The monoisotopic (exact) mass is 321 g/mol. The SMILES string of the molecule is COc1ccc2c(c1OC)C(=O)OC2Nc1nonc1C(=O)O. The Morgan fingerprint density at radius 1 is 1.30 bits per heavy atom. The summed E-state index contributed by atoms with van der Waals surface area (Å²) in [6.07, 6.45) is -0.956. The summed E-state index contributed by atoms with van der Waals surface area (Å²) < 4.78 is 19.9. The van der Waals surface area contributed by atoms with Crippen molar-refractivity contribution in [2.45, 2.75) is 6.23 Å². The highest BCUT2D eigenvalue weighted by Gasteiger charge is 2.37. The van der Waals surface area contributed by atoms with E-state index in [4.69, 9.17) is 19.3 Å². The van der Waals surface area contributed by atoms with Crippen LogP contribution in [0.5, 0.6) is 11.5 Å². The van der Waals surface area contributed by atoms with E-state index in [0.29, 0.717) is 11.3 Å². The highest BCUT2D eigenvalue weighted by Crippen LogP contribution is 2.42. The number of aromatic carboxylic acids is 1. The first-order valence-corrected chi connectivity index (χ1v) is 6.35. The van der Waals surface area contributed by atoms with Crippen LogP contribution in [0, 0.1) is 0 Å². The van der Waals surface area contributed by atoms with Crippen LogP contribution in [0.15, 0.2) is 16.8 Å². The number of esters is 1. The quantitative estimate of drug-likeness (QED) is 0.770. The number of nitrogens with one attached hydrogen (secondary N) is 1. The summed E-state index contributed by atoms with van der Waals surface area (Å²) in [5.74, 6) is -1.51. The number of anilines is 1. The van der Waals surface area contributed by atoms with Crippen LogP contribution in [0.3, 0.4) is 0 Å². The Balaban J connectivity index is 1.99. The summed E-state index contributed by atoms with van der Waals surface area (Å²) in [6, 6.07) is 3.21. The molecule has 1 unspecified atom stereocenters. The summed E-state index contributed by atoms with van der Waals surface area (Å²) >= 11 is 0. The zero-order chi connectivity index (χ0) is 16.6. The molecule has 1 aromatic heterocycles. The molecule has 1 aliphatic heterocycles. The van der Waals surface area contributed by atoms with Crippen LogP contribution in [0.1, 0.15) is 32.6 Å². The molecular formula is C13H11N3O7. The van der Waals surface area contributed by atoms with Crippen molar-refractivity contribution in [1.29, 1.82) is 0 Å². The minimum absolute atomic E-state index is 0.155. The van der Waals surface area contributed by atoms with E-state index in [-0.39, 0.29) is 17.1 Å². The Labute approximate surface area is 128 Å². The predicted molar refractivity (Wildman–Crippen MR) is 72.6 cm³/mol. The number of carbonyl (C=O) groups is 2. The smallest absolute Gasteiger partial charge is 0.362 e. The van der Waals surface area contributed by atoms with Crippen LogP contribution in [-0.4, -0.2) is 41.6 Å². The van der Waals surface area contributed by atoms with E-state index < -0.39 is 23.9 Å². The number of ether oxygens (including phenoxy) is 3. The van der Waals surface area contributed by atoms with Crippen molar-refractivity contribution in [2.75, 3.05) is 19.5 Å². The fourth-order valence-corrected chi connectivity index (χ4v) is 2.26. The molecular weight excluding hydrogens is 310 g/mol. The summed E-state index contributed by atoms with van der Waals surface area (Å²) in [6.45, 7) is 0. The third-order valence-corrected chi connectivity index (χ3v) is 3.25. The molecule has 0 saturated heterocycles. The van der Waals surface area contributed by atoms with Gasteiger partial charge < -0.3 is 24.6 Å². The van der Waals surface area contributed by atoms with Crippen LogP contribution in [0.4, 0.5) is 5.82 Å². The first kappa shape index (κ1) is 14.6. The maximum absolute atomic E-state index is 12.1. The molecule has 0 radical (unpaired) electrons. The molecule has 120 valence electrons. The van der Waals surface area contributed by atoms with Gasteiger partial charge in [0.1, 0.15) is 5.56 Å². The fraction of sp³-hybridized carbons (Fsp3) is 0.231. The first-order chi connectivity index (χ1) is 11.1. The van der Waals surface area contributed by atoms with Gasteiger partial charge in [-0.05, 0) is 22.4 Å². The van der Waals surface area contributed by atoms with Gasteiger partial charge in [0.15, 0.2) is 11.5 Å². The lowest BCUT2D eigenvalue weighted by Gasteiger charge is -2.13. The van der Waals surface area contributed by atoms with Crippen molar-refractivity contribution in [1.82, 2.24) is 10.3 Å². The number of hydrogen-bond acceptors (Lipinski definition) is 9. The van der Waals surface area contributed by atoms with Crippen LogP contribution < -0.4 is 14.8 Å². The Hall–Kier alpha value is -3.30. The van der Waals surface area contributed by atoms with E-state index in [1.54, 1.807) is 12.1 Å².